The van der Waals surface area contributed by atoms with Crippen LogP contribution in [-0.2, 0) is 10.5 Å². The second-order valence-electron chi connectivity index (χ2n) is 9.96. The van der Waals surface area contributed by atoms with Crippen LogP contribution < -0.4 is 14.3 Å². The Morgan fingerprint density at radius 1 is 1.18 bits per heavy atom. The number of hydrogen-bond donors (Lipinski definition) is 1. The Hall–Kier alpha value is -4.43. The molecule has 0 saturated heterocycles. The number of pyridine rings is 2. The molecule has 40 heavy (non-hydrogen) atoms. The summed E-state index contributed by atoms with van der Waals surface area (Å²) in [6.45, 7) is 2.44. The molecule has 11 heteroatoms. The van der Waals surface area contributed by atoms with Crippen LogP contribution in [-0.4, -0.2) is 29.6 Å². The lowest BCUT2D eigenvalue weighted by Gasteiger charge is -2.31. The molecule has 0 radical (unpaired) electrons. The molecule has 0 aliphatic heterocycles. The fourth-order valence-corrected chi connectivity index (χ4v) is 5.61. The Labute approximate surface area is 229 Å². The third kappa shape index (κ3) is 4.54. The number of benzene rings is 2. The van der Waals surface area contributed by atoms with E-state index in [1.165, 1.54) is 12.3 Å². The first-order valence-electron chi connectivity index (χ1n) is 13.1. The van der Waals surface area contributed by atoms with E-state index in [0.717, 1.165) is 43.7 Å². The standard InChI is InChI=1S/C29H25FN4O5S/c1-2-3-9-38-26-13-23-25(12-22(26)18-11-20(16-32-15-18)39-40(30,36)37)34(19-5-4-6-19)29-27(28(23)35)21-8-7-17(14-31)10-24(21)33-29/h7-8,10-13,15-16,19,33H,2-6,9H2,1H3. The minimum absolute atomic E-state index is 0.151. The number of rotatable bonds is 8. The van der Waals surface area contributed by atoms with E-state index in [-0.39, 0.29) is 17.2 Å². The summed E-state index contributed by atoms with van der Waals surface area (Å²) in [7, 11) is -5.24. The van der Waals surface area contributed by atoms with Crippen molar-refractivity contribution in [1.82, 2.24) is 14.5 Å². The number of ether oxygens (including phenoxy) is 1. The maximum atomic E-state index is 14.0. The summed E-state index contributed by atoms with van der Waals surface area (Å²) in [5, 5.41) is 11.2. The average Bonchev–Trinajstić information content (AvgIpc) is 3.27. The number of hydrogen-bond acceptors (Lipinski definition) is 7. The molecule has 1 aliphatic rings. The smallest absolute Gasteiger partial charge is 0.488 e. The van der Waals surface area contributed by atoms with E-state index in [1.807, 2.05) is 13.0 Å². The second-order valence-corrected chi connectivity index (χ2v) is 10.9. The summed E-state index contributed by atoms with van der Waals surface area (Å²) in [6, 6.07) is 12.5. The number of halogens is 1. The van der Waals surface area contributed by atoms with Gasteiger partial charge in [0.1, 0.15) is 11.4 Å². The lowest BCUT2D eigenvalue weighted by atomic mass is 9.91. The predicted octanol–water partition coefficient (Wildman–Crippen LogP) is 6.07. The minimum Gasteiger partial charge on any atom is -0.493 e. The van der Waals surface area contributed by atoms with Gasteiger partial charge in [0.05, 0.1) is 40.7 Å². The highest BCUT2D eigenvalue weighted by atomic mass is 32.3. The van der Waals surface area contributed by atoms with Crippen LogP contribution in [0.2, 0.25) is 0 Å². The summed E-state index contributed by atoms with van der Waals surface area (Å²) < 4.78 is 48.2. The first-order valence-corrected chi connectivity index (χ1v) is 14.4. The molecule has 1 saturated carbocycles. The number of aromatic nitrogens is 3. The maximum Gasteiger partial charge on any atom is 0.488 e. The van der Waals surface area contributed by atoms with Crippen LogP contribution in [0.4, 0.5) is 3.89 Å². The summed E-state index contributed by atoms with van der Waals surface area (Å²) in [6.07, 6.45) is 7.23. The quantitative estimate of drug-likeness (QED) is 0.180. The largest absolute Gasteiger partial charge is 0.493 e. The molecule has 1 N–H and O–H groups in total. The first kappa shape index (κ1) is 25.8. The van der Waals surface area contributed by atoms with Gasteiger partial charge in [0.15, 0.2) is 11.2 Å². The van der Waals surface area contributed by atoms with Crippen LogP contribution in [0, 0.1) is 11.3 Å². The van der Waals surface area contributed by atoms with Gasteiger partial charge in [-0.2, -0.15) is 13.7 Å². The maximum absolute atomic E-state index is 14.0. The Kier molecular flexibility index (Phi) is 6.43. The Balaban J connectivity index is 1.66. The Morgan fingerprint density at radius 3 is 2.70 bits per heavy atom. The van der Waals surface area contributed by atoms with Crippen molar-refractivity contribution in [2.24, 2.45) is 0 Å². The molecule has 0 spiro atoms. The van der Waals surface area contributed by atoms with Crippen molar-refractivity contribution < 1.29 is 21.2 Å². The predicted molar refractivity (Wildman–Crippen MR) is 149 cm³/mol. The van der Waals surface area contributed by atoms with Gasteiger partial charge in [-0.15, -0.1) is 0 Å². The van der Waals surface area contributed by atoms with E-state index in [2.05, 4.69) is 24.8 Å². The van der Waals surface area contributed by atoms with Crippen LogP contribution in [0.25, 0.3) is 44.0 Å². The average molecular weight is 561 g/mol. The number of fused-ring (bicyclic) bond motifs is 4. The van der Waals surface area contributed by atoms with Crippen molar-refractivity contribution in [3.8, 4) is 28.7 Å². The van der Waals surface area contributed by atoms with Crippen LogP contribution in [0.3, 0.4) is 0 Å². The van der Waals surface area contributed by atoms with Crippen molar-refractivity contribution in [3.63, 3.8) is 0 Å². The lowest BCUT2D eigenvalue weighted by Crippen LogP contribution is -2.21. The molecule has 3 heterocycles. The zero-order valence-electron chi connectivity index (χ0n) is 21.6. The van der Waals surface area contributed by atoms with Gasteiger partial charge in [-0.25, -0.2) is 0 Å². The normalized spacial score (nSPS) is 13.9. The fourth-order valence-electron chi connectivity index (χ4n) is 5.29. The van der Waals surface area contributed by atoms with Crippen molar-refractivity contribution in [2.45, 2.75) is 45.1 Å². The van der Waals surface area contributed by atoms with E-state index in [0.29, 0.717) is 56.5 Å². The summed E-state index contributed by atoms with van der Waals surface area (Å²) in [5.74, 6) is 0.140. The van der Waals surface area contributed by atoms with Crippen molar-refractivity contribution in [1.29, 1.82) is 5.26 Å². The van der Waals surface area contributed by atoms with Crippen LogP contribution in [0.1, 0.15) is 50.6 Å². The van der Waals surface area contributed by atoms with Crippen molar-refractivity contribution in [3.05, 3.63) is 64.6 Å². The van der Waals surface area contributed by atoms with E-state index in [4.69, 9.17) is 4.74 Å². The molecule has 0 atom stereocenters. The molecule has 6 rings (SSSR count). The molecule has 0 unspecified atom stereocenters. The number of unbranched alkanes of at least 4 members (excludes halogenated alkanes) is 1. The van der Waals surface area contributed by atoms with Gasteiger partial charge in [0.25, 0.3) is 0 Å². The van der Waals surface area contributed by atoms with Gasteiger partial charge in [0, 0.05) is 34.3 Å². The molecule has 1 aliphatic carbocycles. The van der Waals surface area contributed by atoms with Crippen LogP contribution in [0.5, 0.6) is 11.5 Å². The molecule has 0 amide bonds. The van der Waals surface area contributed by atoms with Crippen LogP contribution >= 0.6 is 0 Å². The second kappa shape index (κ2) is 9.95. The van der Waals surface area contributed by atoms with Gasteiger partial charge in [0.2, 0.25) is 0 Å². The minimum atomic E-state index is -5.24. The third-order valence-electron chi connectivity index (χ3n) is 7.39. The van der Waals surface area contributed by atoms with Crippen molar-refractivity contribution >= 4 is 43.3 Å². The van der Waals surface area contributed by atoms with Gasteiger partial charge < -0.3 is 18.5 Å². The molecule has 1 fully saturated rings. The number of aromatic amines is 1. The molecule has 2 aromatic carbocycles. The number of nitriles is 1. The molecule has 3 aromatic heterocycles. The third-order valence-corrected chi connectivity index (χ3v) is 7.78. The van der Waals surface area contributed by atoms with E-state index in [9.17, 15) is 22.4 Å². The number of nitrogens with one attached hydrogen (secondary N) is 1. The first-order chi connectivity index (χ1) is 19.3. The number of nitrogens with zero attached hydrogens (tertiary/aromatic N) is 3. The molecular formula is C29H25FN4O5S. The fraction of sp³-hybridized carbons (Fsp3) is 0.276. The zero-order chi connectivity index (χ0) is 28.0. The van der Waals surface area contributed by atoms with Gasteiger partial charge in [-0.1, -0.05) is 23.3 Å². The van der Waals surface area contributed by atoms with Crippen LogP contribution in [0.15, 0.2) is 53.6 Å². The molecule has 5 aromatic rings. The molecule has 0 bridgehead atoms. The van der Waals surface area contributed by atoms with Gasteiger partial charge in [-0.05, 0) is 56.0 Å². The summed E-state index contributed by atoms with van der Waals surface area (Å²) >= 11 is 0. The monoisotopic (exact) mass is 560 g/mol. The summed E-state index contributed by atoms with van der Waals surface area (Å²) in [5.41, 5.74) is 3.39. The Bertz CT molecular complexity index is 2010. The van der Waals surface area contributed by atoms with Crippen molar-refractivity contribution in [2.75, 3.05) is 6.61 Å². The lowest BCUT2D eigenvalue weighted by molar-refractivity contribution is 0.310. The van der Waals surface area contributed by atoms with E-state index < -0.39 is 10.5 Å². The topological polar surface area (TPSA) is 127 Å². The van der Waals surface area contributed by atoms with Gasteiger partial charge in [-0.3, -0.25) is 9.78 Å². The molecular weight excluding hydrogens is 535 g/mol. The SMILES string of the molecule is CCCCOc1cc2c(=O)c3c4ccc(C#N)cc4[nH]c3n(C3CCC3)c2cc1-c1cncc(OS(=O)(=O)F)c1. The van der Waals surface area contributed by atoms with Gasteiger partial charge >= 0.3 is 10.5 Å². The highest BCUT2D eigenvalue weighted by molar-refractivity contribution is 7.81. The number of H-pyrrole nitrogens is 1. The molecule has 204 valence electrons. The van der Waals surface area contributed by atoms with E-state index >= 15 is 0 Å². The molecule has 9 nitrogen and oxygen atoms in total. The highest BCUT2D eigenvalue weighted by Crippen LogP contribution is 2.41. The van der Waals surface area contributed by atoms with E-state index in [1.54, 1.807) is 24.3 Å². The zero-order valence-corrected chi connectivity index (χ0v) is 22.4. The summed E-state index contributed by atoms with van der Waals surface area (Å²) in [4.78, 5) is 21.5. The Morgan fingerprint density at radius 2 is 2.00 bits per heavy atom. The highest BCUT2D eigenvalue weighted by Gasteiger charge is 2.27.